The lowest BCUT2D eigenvalue weighted by atomic mass is 9.90. The van der Waals surface area contributed by atoms with E-state index >= 15 is 0 Å². The maximum absolute atomic E-state index is 12.1. The van der Waals surface area contributed by atoms with Crippen molar-refractivity contribution in [3.05, 3.63) is 18.6 Å². The van der Waals surface area contributed by atoms with E-state index in [1.165, 1.54) is 4.90 Å². The van der Waals surface area contributed by atoms with Gasteiger partial charge in [0, 0.05) is 34.1 Å². The SMILES string of the molecule is CN(C)C(=O)OC[C@@H]1CC[CH]/C=C/C[C@@H]1NC(=O)OCC[Si](C)(C)C. The van der Waals surface area contributed by atoms with Gasteiger partial charge in [-0.05, 0) is 31.7 Å². The van der Waals surface area contributed by atoms with E-state index in [1.54, 1.807) is 14.1 Å². The van der Waals surface area contributed by atoms with Crippen LogP contribution in [0.4, 0.5) is 9.59 Å². The van der Waals surface area contributed by atoms with Gasteiger partial charge in [0.25, 0.3) is 0 Å². The number of nitrogens with one attached hydrogen (secondary N) is 1. The summed E-state index contributed by atoms with van der Waals surface area (Å²) in [6.07, 6.45) is 7.85. The van der Waals surface area contributed by atoms with Crippen molar-refractivity contribution in [3.8, 4) is 0 Å². The third-order valence-corrected chi connectivity index (χ3v) is 5.81. The number of carbonyl (C=O) groups excluding carboxylic acids is 2. The molecule has 25 heavy (non-hydrogen) atoms. The number of ether oxygens (including phenoxy) is 2. The van der Waals surface area contributed by atoms with Gasteiger partial charge in [0.15, 0.2) is 0 Å². The third kappa shape index (κ3) is 9.53. The van der Waals surface area contributed by atoms with Crippen LogP contribution in [0.5, 0.6) is 0 Å². The summed E-state index contributed by atoms with van der Waals surface area (Å²) in [5, 5.41) is 2.96. The van der Waals surface area contributed by atoms with Gasteiger partial charge in [-0.3, -0.25) is 0 Å². The molecule has 0 saturated heterocycles. The molecule has 6 nitrogen and oxygen atoms in total. The quantitative estimate of drug-likeness (QED) is 0.725. The first-order valence-corrected chi connectivity index (χ1v) is 12.7. The zero-order valence-electron chi connectivity index (χ0n) is 16.2. The fourth-order valence-corrected chi connectivity index (χ4v) is 3.16. The van der Waals surface area contributed by atoms with Crippen molar-refractivity contribution >= 4 is 20.3 Å². The van der Waals surface area contributed by atoms with Crippen molar-refractivity contribution in [2.75, 3.05) is 27.3 Å². The van der Waals surface area contributed by atoms with Crippen molar-refractivity contribution in [2.45, 2.75) is 51.0 Å². The first kappa shape index (κ1) is 21.5. The first-order chi connectivity index (χ1) is 11.7. The third-order valence-electron chi connectivity index (χ3n) is 4.11. The number of alkyl carbamates (subject to hydrolysis) is 1. The molecular formula is C18H33N2O4Si. The molecular weight excluding hydrogens is 336 g/mol. The minimum Gasteiger partial charge on any atom is -0.450 e. The number of nitrogens with zero attached hydrogens (tertiary/aromatic N) is 1. The average Bonchev–Trinajstić information content (AvgIpc) is 2.47. The Morgan fingerprint density at radius 1 is 1.24 bits per heavy atom. The topological polar surface area (TPSA) is 67.9 Å². The van der Waals surface area contributed by atoms with Crippen LogP contribution in [0.25, 0.3) is 0 Å². The number of hydrogen-bond donors (Lipinski definition) is 1. The molecule has 0 bridgehead atoms. The fourth-order valence-electron chi connectivity index (χ4n) is 2.45. The van der Waals surface area contributed by atoms with E-state index in [-0.39, 0.29) is 24.1 Å². The molecule has 0 saturated carbocycles. The van der Waals surface area contributed by atoms with E-state index < -0.39 is 8.07 Å². The highest BCUT2D eigenvalue weighted by Crippen LogP contribution is 2.20. The molecule has 0 spiro atoms. The highest BCUT2D eigenvalue weighted by Gasteiger charge is 2.25. The Hall–Kier alpha value is -1.50. The maximum atomic E-state index is 12.1. The molecule has 0 fully saturated rings. The summed E-state index contributed by atoms with van der Waals surface area (Å²) in [4.78, 5) is 25.2. The minimum atomic E-state index is -1.22. The molecule has 0 aromatic rings. The molecule has 0 unspecified atom stereocenters. The Morgan fingerprint density at radius 2 is 1.96 bits per heavy atom. The molecule has 0 aromatic heterocycles. The van der Waals surface area contributed by atoms with Crippen LogP contribution in [0.15, 0.2) is 12.2 Å². The Bertz CT molecular complexity index is 460. The number of amides is 2. The Balaban J connectivity index is 2.56. The second-order valence-electron chi connectivity index (χ2n) is 7.91. The second kappa shape index (κ2) is 10.5. The van der Waals surface area contributed by atoms with Gasteiger partial charge < -0.3 is 19.7 Å². The van der Waals surface area contributed by atoms with Crippen LogP contribution in [0.1, 0.15) is 19.3 Å². The van der Waals surface area contributed by atoms with Crippen molar-refractivity contribution in [3.63, 3.8) is 0 Å². The smallest absolute Gasteiger partial charge is 0.409 e. The molecule has 1 radical (unpaired) electrons. The molecule has 0 heterocycles. The van der Waals surface area contributed by atoms with Crippen molar-refractivity contribution in [2.24, 2.45) is 5.92 Å². The van der Waals surface area contributed by atoms with Crippen LogP contribution in [-0.4, -0.2) is 58.5 Å². The molecule has 1 aliphatic carbocycles. The first-order valence-electron chi connectivity index (χ1n) is 8.95. The van der Waals surface area contributed by atoms with Gasteiger partial charge in [-0.2, -0.15) is 0 Å². The number of carbonyl (C=O) groups is 2. The summed E-state index contributed by atoms with van der Waals surface area (Å²) >= 11 is 0. The van der Waals surface area contributed by atoms with Crippen LogP contribution >= 0.6 is 0 Å². The van der Waals surface area contributed by atoms with Gasteiger partial charge in [0.05, 0.1) is 13.2 Å². The summed E-state index contributed by atoms with van der Waals surface area (Å²) in [6, 6.07) is 0.850. The van der Waals surface area contributed by atoms with Crippen molar-refractivity contribution in [1.29, 1.82) is 0 Å². The summed E-state index contributed by atoms with van der Waals surface area (Å²) in [6.45, 7) is 7.50. The Kier molecular flexibility index (Phi) is 9.03. The summed E-state index contributed by atoms with van der Waals surface area (Å²) in [5.74, 6) is 0.0645. The van der Waals surface area contributed by atoms with Gasteiger partial charge in [-0.25, -0.2) is 9.59 Å². The molecule has 1 rings (SSSR count). The van der Waals surface area contributed by atoms with E-state index in [2.05, 4.69) is 31.4 Å². The second-order valence-corrected chi connectivity index (χ2v) is 13.5. The zero-order valence-corrected chi connectivity index (χ0v) is 17.2. The van der Waals surface area contributed by atoms with E-state index in [0.717, 1.165) is 18.9 Å². The Labute approximate surface area is 152 Å². The fraction of sp³-hybridized carbons (Fsp3) is 0.722. The number of rotatable bonds is 6. The molecule has 1 N–H and O–H groups in total. The van der Waals surface area contributed by atoms with E-state index in [1.807, 2.05) is 12.2 Å². The van der Waals surface area contributed by atoms with E-state index in [9.17, 15) is 9.59 Å². The number of hydrogen-bond acceptors (Lipinski definition) is 4. The van der Waals surface area contributed by atoms with Crippen LogP contribution in [0, 0.1) is 12.3 Å². The molecule has 143 valence electrons. The molecule has 0 aliphatic heterocycles. The molecule has 2 amide bonds. The normalized spacial score (nSPS) is 22.3. The van der Waals surface area contributed by atoms with Crippen molar-refractivity contribution < 1.29 is 19.1 Å². The van der Waals surface area contributed by atoms with Gasteiger partial charge in [-0.15, -0.1) is 0 Å². The number of allylic oxidation sites excluding steroid dienone is 1. The average molecular weight is 370 g/mol. The highest BCUT2D eigenvalue weighted by atomic mass is 28.3. The van der Waals surface area contributed by atoms with Gasteiger partial charge in [-0.1, -0.05) is 31.8 Å². The lowest BCUT2D eigenvalue weighted by Gasteiger charge is -2.28. The largest absolute Gasteiger partial charge is 0.450 e. The van der Waals surface area contributed by atoms with Crippen LogP contribution in [0.2, 0.25) is 25.7 Å². The Morgan fingerprint density at radius 3 is 2.60 bits per heavy atom. The monoisotopic (exact) mass is 369 g/mol. The summed E-state index contributed by atoms with van der Waals surface area (Å²) in [5.41, 5.74) is 0. The van der Waals surface area contributed by atoms with E-state index in [4.69, 9.17) is 9.47 Å². The van der Waals surface area contributed by atoms with Gasteiger partial charge in [0.2, 0.25) is 0 Å². The van der Waals surface area contributed by atoms with Gasteiger partial charge >= 0.3 is 12.2 Å². The van der Waals surface area contributed by atoms with Crippen LogP contribution in [0.3, 0.4) is 0 Å². The minimum absolute atomic E-state index is 0.0645. The highest BCUT2D eigenvalue weighted by molar-refractivity contribution is 6.76. The lowest BCUT2D eigenvalue weighted by Crippen LogP contribution is -2.43. The van der Waals surface area contributed by atoms with E-state index in [0.29, 0.717) is 19.6 Å². The standard InChI is InChI=1S/C18H33N2O4Si/c1-20(2)18(22)24-14-15-10-8-6-7-9-11-16(15)19-17(21)23-12-13-25(3,4)5/h6-7,9,15-16H,8,10-14H2,1-5H3,(H,19,21)/b9-7+/t15-,16-/m0/s1. The molecule has 2 atom stereocenters. The maximum Gasteiger partial charge on any atom is 0.409 e. The van der Waals surface area contributed by atoms with Gasteiger partial charge in [0.1, 0.15) is 0 Å². The summed E-state index contributed by atoms with van der Waals surface area (Å²) in [7, 11) is 2.09. The molecule has 7 heteroatoms. The molecule has 1 aliphatic rings. The predicted molar refractivity (Wildman–Crippen MR) is 102 cm³/mol. The van der Waals surface area contributed by atoms with Crippen LogP contribution in [-0.2, 0) is 9.47 Å². The lowest BCUT2D eigenvalue weighted by molar-refractivity contribution is 0.0877. The zero-order chi connectivity index (χ0) is 18.9. The predicted octanol–water partition coefficient (Wildman–Crippen LogP) is 3.68. The van der Waals surface area contributed by atoms with Crippen LogP contribution < -0.4 is 5.32 Å². The van der Waals surface area contributed by atoms with Crippen molar-refractivity contribution in [1.82, 2.24) is 10.2 Å². The molecule has 0 aromatic carbocycles. The summed E-state index contributed by atoms with van der Waals surface area (Å²) < 4.78 is 10.7.